The van der Waals surface area contributed by atoms with E-state index in [9.17, 15) is 10.1 Å². The van der Waals surface area contributed by atoms with Crippen molar-refractivity contribution in [3.05, 3.63) is 59.7 Å². The second kappa shape index (κ2) is 22.3. The average molecular weight is 634 g/mol. The van der Waals surface area contributed by atoms with Crippen LogP contribution in [0.3, 0.4) is 0 Å². The third-order valence-corrected chi connectivity index (χ3v) is 9.04. The van der Waals surface area contributed by atoms with E-state index in [0.717, 1.165) is 86.2 Å². The molecule has 2 aromatic carbocycles. The predicted octanol–water partition coefficient (Wildman–Crippen LogP) is 11.9. The number of esters is 1. The molecule has 0 saturated carbocycles. The highest BCUT2D eigenvalue weighted by Crippen LogP contribution is 2.42. The van der Waals surface area contributed by atoms with Crippen LogP contribution in [0.4, 0.5) is 0 Å². The van der Waals surface area contributed by atoms with Crippen LogP contribution in [-0.2, 0) is 9.53 Å². The number of rotatable bonds is 20. The Morgan fingerprint density at radius 2 is 1.11 bits per heavy atom. The van der Waals surface area contributed by atoms with Crippen molar-refractivity contribution in [1.29, 1.82) is 5.26 Å². The molecular weight excluding hydrogens is 570 g/mol. The molecule has 0 saturated heterocycles. The van der Waals surface area contributed by atoms with E-state index in [2.05, 4.69) is 40.7 Å². The van der Waals surface area contributed by atoms with Gasteiger partial charge in [0.05, 0.1) is 30.8 Å². The van der Waals surface area contributed by atoms with Crippen LogP contribution in [0, 0.1) is 22.2 Å². The van der Waals surface area contributed by atoms with Crippen molar-refractivity contribution in [3.8, 4) is 17.6 Å². The summed E-state index contributed by atoms with van der Waals surface area (Å²) in [5.41, 5.74) is 2.94. The minimum atomic E-state index is -0.446. The van der Waals surface area contributed by atoms with Gasteiger partial charge in [0.15, 0.2) is 0 Å². The highest BCUT2D eigenvalue weighted by Gasteiger charge is 2.43. The molecule has 0 radical (unpaired) electrons. The van der Waals surface area contributed by atoms with Crippen LogP contribution in [0.25, 0.3) is 11.1 Å². The van der Waals surface area contributed by atoms with Gasteiger partial charge in [-0.3, -0.25) is 4.79 Å². The lowest BCUT2D eigenvalue weighted by atomic mass is 9.66. The largest absolute Gasteiger partial charge is 0.494 e. The van der Waals surface area contributed by atoms with Crippen LogP contribution in [0.1, 0.15) is 144 Å². The van der Waals surface area contributed by atoms with E-state index in [4.69, 9.17) is 14.2 Å². The molecule has 0 aliphatic rings. The number of nitrogens with zero attached hydrogens (tertiary/aromatic N) is 1. The van der Waals surface area contributed by atoms with E-state index in [1.54, 1.807) is 0 Å². The van der Waals surface area contributed by atoms with Gasteiger partial charge in [-0.15, -0.1) is 0 Å². The molecule has 0 bridgehead atoms. The standard InChI is InChI=1S/C39H57NO4.C2H6/c1-8-10-11-16-27-42-35-25-21-33(22-26-35)36(30-40)31(3)32-19-23-34(24-20-32)43-28-17-14-12-13-15-18-29-44-37(41)39(7,9-2)38(4,5)6;1-2/h19-26H,8-18,27-29H2,1-7H3;1-2H3/b36-31+;. The number of nitriles is 1. The number of unbranched alkanes of at least 4 members (excludes halogenated alkanes) is 8. The van der Waals surface area contributed by atoms with Gasteiger partial charge in [-0.05, 0) is 98.0 Å². The maximum Gasteiger partial charge on any atom is 0.312 e. The van der Waals surface area contributed by atoms with Gasteiger partial charge < -0.3 is 14.2 Å². The van der Waals surface area contributed by atoms with Crippen molar-refractivity contribution in [2.24, 2.45) is 10.8 Å². The summed E-state index contributed by atoms with van der Waals surface area (Å²) in [5.74, 6) is 1.62. The Morgan fingerprint density at radius 3 is 1.54 bits per heavy atom. The molecule has 1 unspecified atom stereocenters. The zero-order valence-corrected chi connectivity index (χ0v) is 30.6. The van der Waals surface area contributed by atoms with E-state index < -0.39 is 5.41 Å². The number of allylic oxidation sites excluding steroid dienone is 2. The number of hydrogen-bond acceptors (Lipinski definition) is 5. The Bertz CT molecular complexity index is 1180. The quantitative estimate of drug-likeness (QED) is 0.0628. The summed E-state index contributed by atoms with van der Waals surface area (Å²) in [5, 5.41) is 9.91. The molecule has 0 aromatic heterocycles. The molecule has 5 nitrogen and oxygen atoms in total. The van der Waals surface area contributed by atoms with Crippen molar-refractivity contribution in [2.75, 3.05) is 19.8 Å². The van der Waals surface area contributed by atoms with Crippen LogP contribution in [0.2, 0.25) is 0 Å². The Hall–Kier alpha value is -3.26. The minimum Gasteiger partial charge on any atom is -0.494 e. The molecule has 5 heteroatoms. The summed E-state index contributed by atoms with van der Waals surface area (Å²) in [4.78, 5) is 12.6. The molecule has 0 aliphatic carbocycles. The van der Waals surface area contributed by atoms with E-state index in [-0.39, 0.29) is 11.4 Å². The van der Waals surface area contributed by atoms with Gasteiger partial charge in [0, 0.05) is 0 Å². The lowest BCUT2D eigenvalue weighted by molar-refractivity contribution is -0.162. The fourth-order valence-electron chi connectivity index (χ4n) is 5.15. The van der Waals surface area contributed by atoms with Crippen LogP contribution >= 0.6 is 0 Å². The van der Waals surface area contributed by atoms with Gasteiger partial charge in [-0.1, -0.05) is 106 Å². The number of carbonyl (C=O) groups is 1. The van der Waals surface area contributed by atoms with Gasteiger partial charge in [0.2, 0.25) is 0 Å². The Balaban J connectivity index is 0.00000518. The van der Waals surface area contributed by atoms with Gasteiger partial charge in [-0.25, -0.2) is 0 Å². The third kappa shape index (κ3) is 13.6. The van der Waals surface area contributed by atoms with Crippen molar-refractivity contribution >= 4 is 17.1 Å². The minimum absolute atomic E-state index is 0.0710. The average Bonchev–Trinajstić information content (AvgIpc) is 3.06. The predicted molar refractivity (Wildman–Crippen MR) is 194 cm³/mol. The first-order chi connectivity index (χ1) is 22.1. The molecule has 0 aliphatic heterocycles. The molecule has 2 rings (SSSR count). The monoisotopic (exact) mass is 633 g/mol. The molecule has 0 amide bonds. The molecular formula is C41H63NO4. The summed E-state index contributed by atoms with van der Waals surface area (Å²) in [6, 6.07) is 18.2. The molecule has 0 spiro atoms. The smallest absolute Gasteiger partial charge is 0.312 e. The lowest BCUT2D eigenvalue weighted by Gasteiger charge is -2.38. The second-order valence-electron chi connectivity index (χ2n) is 13.1. The van der Waals surface area contributed by atoms with Crippen molar-refractivity contribution < 1.29 is 19.0 Å². The third-order valence-electron chi connectivity index (χ3n) is 9.04. The summed E-state index contributed by atoms with van der Waals surface area (Å²) in [7, 11) is 0. The van der Waals surface area contributed by atoms with Crippen LogP contribution in [0.5, 0.6) is 11.5 Å². The van der Waals surface area contributed by atoms with E-state index >= 15 is 0 Å². The zero-order chi connectivity index (χ0) is 34.4. The zero-order valence-electron chi connectivity index (χ0n) is 30.6. The van der Waals surface area contributed by atoms with E-state index in [0.29, 0.717) is 18.8 Å². The van der Waals surface area contributed by atoms with Gasteiger partial charge >= 0.3 is 5.97 Å². The maximum atomic E-state index is 12.6. The van der Waals surface area contributed by atoms with Gasteiger partial charge in [-0.2, -0.15) is 5.26 Å². The van der Waals surface area contributed by atoms with Gasteiger partial charge in [0.1, 0.15) is 17.6 Å². The van der Waals surface area contributed by atoms with Gasteiger partial charge in [0.25, 0.3) is 0 Å². The van der Waals surface area contributed by atoms with Crippen molar-refractivity contribution in [3.63, 3.8) is 0 Å². The number of ether oxygens (including phenoxy) is 3. The Kier molecular flexibility index (Phi) is 19.8. The summed E-state index contributed by atoms with van der Waals surface area (Å²) in [6.07, 6.45) is 11.9. The van der Waals surface area contributed by atoms with Crippen LogP contribution in [-0.4, -0.2) is 25.8 Å². The normalized spacial score (nSPS) is 13.0. The Labute approximate surface area is 281 Å². The summed E-state index contributed by atoms with van der Waals surface area (Å²) < 4.78 is 17.4. The van der Waals surface area contributed by atoms with Crippen molar-refractivity contribution in [2.45, 2.75) is 133 Å². The molecule has 0 fully saturated rings. The molecule has 46 heavy (non-hydrogen) atoms. The summed E-state index contributed by atoms with van der Waals surface area (Å²) in [6.45, 7) is 20.5. The number of benzene rings is 2. The molecule has 0 N–H and O–H groups in total. The summed E-state index contributed by atoms with van der Waals surface area (Å²) >= 11 is 0. The van der Waals surface area contributed by atoms with E-state index in [1.807, 2.05) is 76.2 Å². The fraction of sp³-hybridized carbons (Fsp3) is 0.610. The maximum absolute atomic E-state index is 12.6. The molecule has 2 aromatic rings. The first-order valence-electron chi connectivity index (χ1n) is 17.8. The second-order valence-corrected chi connectivity index (χ2v) is 13.1. The highest BCUT2D eigenvalue weighted by atomic mass is 16.5. The topological polar surface area (TPSA) is 68.6 Å². The molecule has 1 atom stereocenters. The van der Waals surface area contributed by atoms with Crippen LogP contribution < -0.4 is 9.47 Å². The van der Waals surface area contributed by atoms with Crippen molar-refractivity contribution in [1.82, 2.24) is 0 Å². The number of carbonyl (C=O) groups excluding carboxylic acids is 1. The highest BCUT2D eigenvalue weighted by molar-refractivity contribution is 5.96. The molecule has 0 heterocycles. The van der Waals surface area contributed by atoms with E-state index in [1.165, 1.54) is 19.3 Å². The Morgan fingerprint density at radius 1 is 0.674 bits per heavy atom. The lowest BCUT2D eigenvalue weighted by Crippen LogP contribution is -2.41. The SMILES string of the molecule is CC.CCCCCCOc1ccc(/C(C#N)=C(\C)c2ccc(OCCCCCCCCOC(=O)C(C)(CC)C(C)(C)C)cc2)cc1. The molecule has 256 valence electrons. The fourth-order valence-corrected chi connectivity index (χ4v) is 5.15. The first kappa shape index (κ1) is 40.8. The number of hydrogen-bond donors (Lipinski definition) is 0. The van der Waals surface area contributed by atoms with Crippen LogP contribution in [0.15, 0.2) is 48.5 Å². The first-order valence-corrected chi connectivity index (χ1v) is 17.8.